The predicted molar refractivity (Wildman–Crippen MR) is 104 cm³/mol. The highest BCUT2D eigenvalue weighted by molar-refractivity contribution is 7.14. The number of thiazole rings is 1. The third kappa shape index (κ3) is 3.56. The number of carbonyl (C=O) groups excluding carboxylic acids is 2. The highest BCUT2D eigenvalue weighted by Crippen LogP contribution is 2.21. The fourth-order valence-corrected chi connectivity index (χ4v) is 3.45. The molecule has 0 atom stereocenters. The first-order chi connectivity index (χ1) is 13.1. The van der Waals surface area contributed by atoms with Gasteiger partial charge >= 0.3 is 0 Å². The van der Waals surface area contributed by atoms with Crippen molar-refractivity contribution in [1.82, 2.24) is 14.5 Å². The van der Waals surface area contributed by atoms with E-state index in [4.69, 9.17) is 5.73 Å². The van der Waals surface area contributed by atoms with Crippen LogP contribution in [-0.4, -0.2) is 26.3 Å². The van der Waals surface area contributed by atoms with Crippen LogP contribution < -0.4 is 11.1 Å². The van der Waals surface area contributed by atoms with Crippen molar-refractivity contribution in [3.8, 4) is 5.69 Å². The minimum Gasteiger partial charge on any atom is -0.369 e. The van der Waals surface area contributed by atoms with Crippen molar-refractivity contribution in [3.05, 3.63) is 71.5 Å². The molecule has 4 aromatic rings. The number of nitrogens with two attached hydrogens (primary N) is 1. The smallest absolute Gasteiger partial charge is 0.257 e. The molecule has 0 bridgehead atoms. The first kappa shape index (κ1) is 16.9. The van der Waals surface area contributed by atoms with Crippen molar-refractivity contribution in [2.45, 2.75) is 6.42 Å². The largest absolute Gasteiger partial charge is 0.369 e. The molecule has 0 aliphatic rings. The number of imidazole rings is 1. The number of primary amides is 1. The lowest BCUT2D eigenvalue weighted by Crippen LogP contribution is -2.14. The van der Waals surface area contributed by atoms with E-state index < -0.39 is 5.91 Å². The quantitative estimate of drug-likeness (QED) is 0.558. The summed E-state index contributed by atoms with van der Waals surface area (Å²) in [7, 11) is 0. The maximum atomic E-state index is 12.5. The van der Waals surface area contributed by atoms with Gasteiger partial charge in [-0.15, -0.1) is 11.3 Å². The van der Waals surface area contributed by atoms with Crippen LogP contribution in [0.5, 0.6) is 0 Å². The Labute approximate surface area is 158 Å². The zero-order chi connectivity index (χ0) is 18.8. The van der Waals surface area contributed by atoms with Gasteiger partial charge in [-0.3, -0.25) is 19.5 Å². The molecule has 3 N–H and O–H groups in total. The van der Waals surface area contributed by atoms with Crippen molar-refractivity contribution >= 4 is 39.3 Å². The Bertz CT molecular complexity index is 1130. The van der Waals surface area contributed by atoms with E-state index in [0.717, 1.165) is 16.7 Å². The van der Waals surface area contributed by atoms with Gasteiger partial charge < -0.3 is 5.73 Å². The Hall–Kier alpha value is -3.52. The number of fused-ring (bicyclic) bond motifs is 1. The summed E-state index contributed by atoms with van der Waals surface area (Å²) in [5.74, 6) is -0.747. The second-order valence-corrected chi connectivity index (χ2v) is 6.75. The molecular formula is C19H15N5O2S. The average Bonchev–Trinajstić information content (AvgIpc) is 3.28. The van der Waals surface area contributed by atoms with Gasteiger partial charge in [0, 0.05) is 16.6 Å². The van der Waals surface area contributed by atoms with Crippen LogP contribution in [0.3, 0.4) is 0 Å². The standard InChI is InChI=1S/C19H15N5O2S/c20-17(25)9-13-10-27-19(22-13)23-18(26)12-6-7-16-15(8-12)21-11-24(16)14-4-2-1-3-5-14/h1-8,10-11H,9H2,(H2,20,25)(H,22,23,26). The third-order valence-electron chi connectivity index (χ3n) is 3.97. The molecule has 2 heterocycles. The van der Waals surface area contributed by atoms with Crippen LogP contribution in [0, 0.1) is 0 Å². The summed E-state index contributed by atoms with van der Waals surface area (Å²) in [5, 5.41) is 4.86. The molecule has 2 amide bonds. The molecule has 0 aliphatic carbocycles. The van der Waals surface area contributed by atoms with Crippen molar-refractivity contribution < 1.29 is 9.59 Å². The van der Waals surface area contributed by atoms with Crippen LogP contribution in [0.2, 0.25) is 0 Å². The van der Waals surface area contributed by atoms with E-state index in [-0.39, 0.29) is 12.3 Å². The molecule has 0 saturated carbocycles. The number of amides is 2. The van der Waals surface area contributed by atoms with Crippen LogP contribution >= 0.6 is 11.3 Å². The van der Waals surface area contributed by atoms with Crippen molar-refractivity contribution in [2.75, 3.05) is 5.32 Å². The van der Waals surface area contributed by atoms with Crippen LogP contribution in [0.15, 0.2) is 60.2 Å². The summed E-state index contributed by atoms with van der Waals surface area (Å²) in [6.45, 7) is 0. The summed E-state index contributed by atoms with van der Waals surface area (Å²) >= 11 is 1.25. The van der Waals surface area contributed by atoms with E-state index in [1.165, 1.54) is 11.3 Å². The van der Waals surface area contributed by atoms with E-state index in [1.807, 2.05) is 41.0 Å². The molecule has 0 fully saturated rings. The molecule has 2 aromatic carbocycles. The summed E-state index contributed by atoms with van der Waals surface area (Å²) in [5.41, 5.74) is 8.81. The lowest BCUT2D eigenvalue weighted by molar-refractivity contribution is -0.117. The number of para-hydroxylation sites is 1. The molecule has 0 spiro atoms. The van der Waals surface area contributed by atoms with Gasteiger partial charge in [0.05, 0.1) is 23.1 Å². The lowest BCUT2D eigenvalue weighted by Gasteiger charge is -2.05. The molecule has 0 aliphatic heterocycles. The summed E-state index contributed by atoms with van der Waals surface area (Å²) < 4.78 is 1.97. The number of carbonyl (C=O) groups is 2. The second-order valence-electron chi connectivity index (χ2n) is 5.89. The van der Waals surface area contributed by atoms with E-state index in [1.54, 1.807) is 23.8 Å². The molecule has 0 radical (unpaired) electrons. The molecule has 8 heteroatoms. The van der Waals surface area contributed by atoms with E-state index in [9.17, 15) is 9.59 Å². The minimum atomic E-state index is -0.461. The van der Waals surface area contributed by atoms with Gasteiger partial charge in [-0.2, -0.15) is 0 Å². The number of hydrogen-bond donors (Lipinski definition) is 2. The van der Waals surface area contributed by atoms with Gasteiger partial charge in [0.2, 0.25) is 5.91 Å². The average molecular weight is 377 g/mol. The molecular weight excluding hydrogens is 362 g/mol. The van der Waals surface area contributed by atoms with Crippen LogP contribution in [-0.2, 0) is 11.2 Å². The normalized spacial score (nSPS) is 10.8. The first-order valence-electron chi connectivity index (χ1n) is 8.17. The monoisotopic (exact) mass is 377 g/mol. The molecule has 0 saturated heterocycles. The number of anilines is 1. The van der Waals surface area contributed by atoms with Crippen molar-refractivity contribution in [3.63, 3.8) is 0 Å². The third-order valence-corrected chi connectivity index (χ3v) is 4.78. The minimum absolute atomic E-state index is 0.0508. The van der Waals surface area contributed by atoms with Gasteiger partial charge in [0.25, 0.3) is 5.91 Å². The number of hydrogen-bond acceptors (Lipinski definition) is 5. The van der Waals surface area contributed by atoms with Crippen LogP contribution in [0.4, 0.5) is 5.13 Å². The number of nitrogens with zero attached hydrogens (tertiary/aromatic N) is 3. The fourth-order valence-electron chi connectivity index (χ4n) is 2.74. The maximum absolute atomic E-state index is 12.5. The van der Waals surface area contributed by atoms with E-state index in [0.29, 0.717) is 16.4 Å². The zero-order valence-electron chi connectivity index (χ0n) is 14.1. The Morgan fingerprint density at radius 3 is 2.74 bits per heavy atom. The fraction of sp³-hybridized carbons (Fsp3) is 0.0526. The molecule has 2 aromatic heterocycles. The lowest BCUT2D eigenvalue weighted by atomic mass is 10.2. The topological polar surface area (TPSA) is 103 Å². The van der Waals surface area contributed by atoms with Crippen molar-refractivity contribution in [1.29, 1.82) is 0 Å². The summed E-state index contributed by atoms with van der Waals surface area (Å²) in [6.07, 6.45) is 1.79. The van der Waals surface area contributed by atoms with Gasteiger partial charge in [0.1, 0.15) is 6.33 Å². The zero-order valence-corrected chi connectivity index (χ0v) is 14.9. The second kappa shape index (κ2) is 7.00. The number of nitrogens with one attached hydrogen (secondary N) is 1. The highest BCUT2D eigenvalue weighted by Gasteiger charge is 2.12. The molecule has 0 unspecified atom stereocenters. The van der Waals surface area contributed by atoms with Gasteiger partial charge in [-0.1, -0.05) is 18.2 Å². The first-order valence-corrected chi connectivity index (χ1v) is 9.05. The van der Waals surface area contributed by atoms with Crippen LogP contribution in [0.25, 0.3) is 16.7 Å². The molecule has 7 nitrogen and oxygen atoms in total. The van der Waals surface area contributed by atoms with E-state index >= 15 is 0 Å². The van der Waals surface area contributed by atoms with Gasteiger partial charge in [-0.25, -0.2) is 9.97 Å². The van der Waals surface area contributed by atoms with E-state index in [2.05, 4.69) is 15.3 Å². The predicted octanol–water partition coefficient (Wildman–Crippen LogP) is 2.76. The van der Waals surface area contributed by atoms with Crippen molar-refractivity contribution in [2.24, 2.45) is 5.73 Å². The Morgan fingerprint density at radius 1 is 1.15 bits per heavy atom. The maximum Gasteiger partial charge on any atom is 0.257 e. The number of rotatable bonds is 5. The number of benzene rings is 2. The van der Waals surface area contributed by atoms with Gasteiger partial charge in [0.15, 0.2) is 5.13 Å². The van der Waals surface area contributed by atoms with Gasteiger partial charge in [-0.05, 0) is 30.3 Å². The Morgan fingerprint density at radius 2 is 1.96 bits per heavy atom. The molecule has 4 rings (SSSR count). The Kier molecular flexibility index (Phi) is 4.39. The summed E-state index contributed by atoms with van der Waals surface area (Å²) in [4.78, 5) is 32.0. The Balaban J connectivity index is 1.56. The molecule has 134 valence electrons. The summed E-state index contributed by atoms with van der Waals surface area (Å²) in [6, 6.07) is 15.2. The molecule has 27 heavy (non-hydrogen) atoms. The van der Waals surface area contributed by atoms with Crippen LogP contribution in [0.1, 0.15) is 16.1 Å². The SMILES string of the molecule is NC(=O)Cc1csc(NC(=O)c2ccc3c(c2)ncn3-c2ccccc2)n1. The highest BCUT2D eigenvalue weighted by atomic mass is 32.1. The number of aromatic nitrogens is 3.